The summed E-state index contributed by atoms with van der Waals surface area (Å²) in [6, 6.07) is 0. The number of allylic oxidation sites excluding steroid dienone is 2. The van der Waals surface area contributed by atoms with E-state index in [1.165, 1.54) is 0 Å². The molecule has 3 nitrogen and oxygen atoms in total. The highest BCUT2D eigenvalue weighted by Crippen LogP contribution is 2.02. The number of rotatable bonds is 0. The topological polar surface area (TPSA) is 27.6 Å². The summed E-state index contributed by atoms with van der Waals surface area (Å²) in [4.78, 5) is 4.15. The van der Waals surface area contributed by atoms with Gasteiger partial charge in [0.15, 0.2) is 0 Å². The molecule has 0 bridgehead atoms. The van der Waals surface area contributed by atoms with Gasteiger partial charge in [0.25, 0.3) is 0 Å². The Hall–Kier alpha value is -1.09. The summed E-state index contributed by atoms with van der Waals surface area (Å²) in [5.41, 5.74) is 3.05. The molecule has 0 atom stereocenters. The third kappa shape index (κ3) is 0.658. The highest BCUT2D eigenvalue weighted by molar-refractivity contribution is 5.95. The van der Waals surface area contributed by atoms with Gasteiger partial charge >= 0.3 is 0 Å². The molecule has 0 fully saturated rings. The van der Waals surface area contributed by atoms with Crippen LogP contribution >= 0.6 is 0 Å². The fourth-order valence-corrected chi connectivity index (χ4v) is 0.889. The van der Waals surface area contributed by atoms with Crippen LogP contribution < -0.4 is 5.43 Å². The Balaban J connectivity index is 2.33. The molecule has 0 aromatic heterocycles. The number of fused-ring (bicyclic) bond motifs is 1. The molecular formula is C6H7N3. The molecule has 0 spiro atoms. The van der Waals surface area contributed by atoms with E-state index in [1.54, 1.807) is 0 Å². The number of hydrazine groups is 1. The van der Waals surface area contributed by atoms with Gasteiger partial charge in [-0.25, -0.2) is 10.4 Å². The quantitative estimate of drug-likeness (QED) is 0.497. The zero-order chi connectivity index (χ0) is 6.10. The Morgan fingerprint density at radius 1 is 1.56 bits per heavy atom. The van der Waals surface area contributed by atoms with Gasteiger partial charge in [-0.1, -0.05) is 6.08 Å². The maximum Gasteiger partial charge on any atom is 0.143 e. The molecule has 9 heavy (non-hydrogen) atoms. The third-order valence-corrected chi connectivity index (χ3v) is 1.32. The summed E-state index contributed by atoms with van der Waals surface area (Å²) in [5.74, 6) is 0.998. The van der Waals surface area contributed by atoms with Gasteiger partial charge in [0.2, 0.25) is 0 Å². The van der Waals surface area contributed by atoms with E-state index in [9.17, 15) is 0 Å². The molecule has 0 aromatic rings. The minimum absolute atomic E-state index is 0.698. The summed E-state index contributed by atoms with van der Waals surface area (Å²) in [5, 5.41) is 1.90. The normalized spacial score (nSPS) is 22.2. The average Bonchev–Trinajstić information content (AvgIpc) is 2.33. The molecule has 0 unspecified atom stereocenters. The summed E-state index contributed by atoms with van der Waals surface area (Å²) >= 11 is 0. The van der Waals surface area contributed by atoms with Crippen LogP contribution in [0.25, 0.3) is 0 Å². The van der Waals surface area contributed by atoms with Gasteiger partial charge in [0.1, 0.15) is 12.5 Å². The molecule has 0 amide bonds. The Kier molecular flexibility index (Phi) is 0.899. The number of hydrogen-bond acceptors (Lipinski definition) is 3. The minimum atomic E-state index is 0.698. The van der Waals surface area contributed by atoms with Crippen molar-refractivity contribution >= 4 is 5.84 Å². The van der Waals surface area contributed by atoms with Crippen LogP contribution in [0.5, 0.6) is 0 Å². The number of aliphatic imine (C=N–C) groups is 1. The molecule has 0 radical (unpaired) electrons. The zero-order valence-electron chi connectivity index (χ0n) is 4.91. The van der Waals surface area contributed by atoms with E-state index >= 15 is 0 Å². The molecule has 0 saturated carbocycles. The van der Waals surface area contributed by atoms with Crippen molar-refractivity contribution in [3.8, 4) is 0 Å². The summed E-state index contributed by atoms with van der Waals surface area (Å²) in [6.45, 7) is 0.698. The van der Waals surface area contributed by atoms with Crippen LogP contribution in [-0.4, -0.2) is 17.5 Å². The van der Waals surface area contributed by atoms with E-state index in [4.69, 9.17) is 0 Å². The molecule has 3 heteroatoms. The Morgan fingerprint density at radius 3 is 3.44 bits per heavy atom. The lowest BCUT2D eigenvalue weighted by molar-refractivity contribution is 0.452. The second-order valence-corrected chi connectivity index (χ2v) is 1.90. The summed E-state index contributed by atoms with van der Waals surface area (Å²) < 4.78 is 0. The molecular weight excluding hydrogens is 114 g/mol. The molecule has 2 aliphatic rings. The number of hydrogen-bond donors (Lipinski definition) is 1. The van der Waals surface area contributed by atoms with Crippen LogP contribution in [0, 0.1) is 0 Å². The molecule has 0 aliphatic carbocycles. The number of nitrogens with one attached hydrogen (secondary N) is 1. The third-order valence-electron chi connectivity index (χ3n) is 1.32. The van der Waals surface area contributed by atoms with Crippen LogP contribution in [0.3, 0.4) is 0 Å². The highest BCUT2D eigenvalue weighted by Gasteiger charge is 2.11. The van der Waals surface area contributed by atoms with Crippen molar-refractivity contribution in [1.29, 1.82) is 0 Å². The van der Waals surface area contributed by atoms with Gasteiger partial charge in [-0.3, -0.25) is 5.01 Å². The van der Waals surface area contributed by atoms with E-state index < -0.39 is 0 Å². The van der Waals surface area contributed by atoms with Crippen molar-refractivity contribution in [3.63, 3.8) is 0 Å². The molecule has 0 saturated heterocycles. The number of nitrogens with zero attached hydrogens (tertiary/aromatic N) is 2. The highest BCUT2D eigenvalue weighted by atomic mass is 15.6. The van der Waals surface area contributed by atoms with Crippen molar-refractivity contribution in [1.82, 2.24) is 10.4 Å². The van der Waals surface area contributed by atoms with Crippen LogP contribution in [-0.2, 0) is 0 Å². The Labute approximate surface area is 53.3 Å². The SMILES string of the molecule is C1=CC2=NCNN2C=C1. The first-order valence-electron chi connectivity index (χ1n) is 2.89. The monoisotopic (exact) mass is 121 g/mol. The standard InChI is InChI=1S/C6H7N3/c1-2-4-9-6(3-1)7-5-8-9/h1-4,8H,5H2. The Bertz CT molecular complexity index is 200. The van der Waals surface area contributed by atoms with E-state index in [-0.39, 0.29) is 0 Å². The van der Waals surface area contributed by atoms with Gasteiger partial charge in [-0.05, 0) is 12.2 Å². The molecule has 1 N–H and O–H groups in total. The largest absolute Gasteiger partial charge is 0.266 e. The predicted octanol–water partition coefficient (Wildman–Crippen LogP) is 0.246. The van der Waals surface area contributed by atoms with Crippen LogP contribution in [0.15, 0.2) is 29.4 Å². The first-order valence-corrected chi connectivity index (χ1v) is 2.89. The second-order valence-electron chi connectivity index (χ2n) is 1.90. The maximum atomic E-state index is 4.15. The van der Waals surface area contributed by atoms with Crippen LogP contribution in [0.4, 0.5) is 0 Å². The van der Waals surface area contributed by atoms with E-state index in [0.717, 1.165) is 5.84 Å². The van der Waals surface area contributed by atoms with Crippen molar-refractivity contribution in [2.24, 2.45) is 4.99 Å². The van der Waals surface area contributed by atoms with Crippen LogP contribution in [0.1, 0.15) is 0 Å². The molecule has 0 aromatic carbocycles. The smallest absolute Gasteiger partial charge is 0.143 e. The Morgan fingerprint density at radius 2 is 2.56 bits per heavy atom. The number of amidine groups is 1. The first kappa shape index (κ1) is 4.76. The van der Waals surface area contributed by atoms with Gasteiger partial charge in [0, 0.05) is 6.20 Å². The molecule has 2 aliphatic heterocycles. The second kappa shape index (κ2) is 1.70. The van der Waals surface area contributed by atoms with Crippen LogP contribution in [0.2, 0.25) is 0 Å². The lowest BCUT2D eigenvalue weighted by Crippen LogP contribution is -2.31. The van der Waals surface area contributed by atoms with Gasteiger partial charge in [0.05, 0.1) is 0 Å². The van der Waals surface area contributed by atoms with E-state index in [2.05, 4.69) is 10.4 Å². The summed E-state index contributed by atoms with van der Waals surface area (Å²) in [6.07, 6.45) is 7.87. The van der Waals surface area contributed by atoms with Crippen molar-refractivity contribution in [2.75, 3.05) is 6.67 Å². The van der Waals surface area contributed by atoms with E-state index in [1.807, 2.05) is 29.4 Å². The average molecular weight is 121 g/mol. The predicted molar refractivity (Wildman–Crippen MR) is 35.6 cm³/mol. The van der Waals surface area contributed by atoms with Gasteiger partial charge in [-0.2, -0.15) is 0 Å². The summed E-state index contributed by atoms with van der Waals surface area (Å²) in [7, 11) is 0. The van der Waals surface area contributed by atoms with E-state index in [0.29, 0.717) is 6.67 Å². The van der Waals surface area contributed by atoms with Gasteiger partial charge in [-0.15, -0.1) is 0 Å². The van der Waals surface area contributed by atoms with Gasteiger partial charge < -0.3 is 0 Å². The maximum absolute atomic E-state index is 4.15. The lowest BCUT2D eigenvalue weighted by atomic mass is 10.4. The molecule has 2 heterocycles. The minimum Gasteiger partial charge on any atom is -0.266 e. The fraction of sp³-hybridized carbons (Fsp3) is 0.167. The first-order chi connectivity index (χ1) is 4.47. The van der Waals surface area contributed by atoms with Crippen molar-refractivity contribution < 1.29 is 0 Å². The molecule has 2 rings (SSSR count). The molecule has 46 valence electrons. The lowest BCUT2D eigenvalue weighted by Gasteiger charge is -2.13. The van der Waals surface area contributed by atoms with Crippen molar-refractivity contribution in [2.45, 2.75) is 0 Å². The fourth-order valence-electron chi connectivity index (χ4n) is 0.889. The zero-order valence-corrected chi connectivity index (χ0v) is 4.91. The van der Waals surface area contributed by atoms with Crippen molar-refractivity contribution in [3.05, 3.63) is 24.4 Å².